The van der Waals surface area contributed by atoms with Crippen molar-refractivity contribution >= 4 is 0 Å². The van der Waals surface area contributed by atoms with Crippen molar-refractivity contribution in [1.82, 2.24) is 0 Å². The van der Waals surface area contributed by atoms with Crippen LogP contribution in [0.4, 0.5) is 0 Å². The average Bonchev–Trinajstić information content (AvgIpc) is 1.61. The predicted molar refractivity (Wildman–Crippen MR) is 27.4 cm³/mol. The minimum Gasteiger partial charge on any atom is -0.368 e. The van der Waals surface area contributed by atoms with Gasteiger partial charge in [0.15, 0.2) is 6.29 Å². The Labute approximate surface area is 43.8 Å². The molecule has 0 aliphatic rings. The van der Waals surface area contributed by atoms with Crippen LogP contribution in [0.5, 0.6) is 0 Å². The SMILES string of the molecule is [CH2]CCCC(O)O. The molecule has 2 N–H and O–H groups in total. The van der Waals surface area contributed by atoms with Gasteiger partial charge in [0.1, 0.15) is 0 Å². The fraction of sp³-hybridized carbons (Fsp3) is 0.800. The highest BCUT2D eigenvalue weighted by molar-refractivity contribution is 4.42. The lowest BCUT2D eigenvalue weighted by atomic mass is 10.2. The molecule has 7 heavy (non-hydrogen) atoms. The number of unbranched alkanes of at least 4 members (excludes halogenated alkanes) is 1. The second kappa shape index (κ2) is 4.09. The summed E-state index contributed by atoms with van der Waals surface area (Å²) in [7, 11) is 0. The lowest BCUT2D eigenvalue weighted by Gasteiger charge is -1.97. The van der Waals surface area contributed by atoms with E-state index in [0.29, 0.717) is 6.42 Å². The Balaban J connectivity index is 2.68. The van der Waals surface area contributed by atoms with Crippen molar-refractivity contribution in [3.8, 4) is 0 Å². The molecule has 0 aliphatic heterocycles. The number of hydrogen-bond donors (Lipinski definition) is 2. The predicted octanol–water partition coefficient (Wildman–Crippen LogP) is 0.301. The molecule has 0 amide bonds. The van der Waals surface area contributed by atoms with Gasteiger partial charge in [0, 0.05) is 0 Å². The van der Waals surface area contributed by atoms with Crippen LogP contribution in [0.25, 0.3) is 0 Å². The largest absolute Gasteiger partial charge is 0.368 e. The third-order valence-corrected chi connectivity index (χ3v) is 0.712. The van der Waals surface area contributed by atoms with E-state index in [1.54, 1.807) is 0 Å². The van der Waals surface area contributed by atoms with Crippen LogP contribution >= 0.6 is 0 Å². The van der Waals surface area contributed by atoms with E-state index in [9.17, 15) is 0 Å². The van der Waals surface area contributed by atoms with Crippen molar-refractivity contribution in [2.75, 3.05) is 0 Å². The molecular formula is C5H11O2. The van der Waals surface area contributed by atoms with Crippen molar-refractivity contribution in [3.63, 3.8) is 0 Å². The number of aliphatic hydroxyl groups is 2. The normalized spacial score (nSPS) is 10.3. The van der Waals surface area contributed by atoms with Crippen molar-refractivity contribution in [2.45, 2.75) is 25.6 Å². The molecule has 0 aromatic heterocycles. The van der Waals surface area contributed by atoms with Gasteiger partial charge in [-0.1, -0.05) is 13.3 Å². The first-order valence-electron chi connectivity index (χ1n) is 2.42. The third kappa shape index (κ3) is 5.92. The van der Waals surface area contributed by atoms with E-state index >= 15 is 0 Å². The summed E-state index contributed by atoms with van der Waals surface area (Å²) in [6.45, 7) is 3.54. The molecule has 0 atom stereocenters. The quantitative estimate of drug-likeness (QED) is 0.504. The number of rotatable bonds is 3. The van der Waals surface area contributed by atoms with E-state index in [4.69, 9.17) is 10.2 Å². The summed E-state index contributed by atoms with van der Waals surface area (Å²) in [6.07, 6.45) is 0.875. The second-order valence-corrected chi connectivity index (χ2v) is 1.48. The zero-order chi connectivity index (χ0) is 5.70. The van der Waals surface area contributed by atoms with Crippen LogP contribution in [0.3, 0.4) is 0 Å². The van der Waals surface area contributed by atoms with Crippen LogP contribution in [-0.2, 0) is 0 Å². The van der Waals surface area contributed by atoms with Crippen LogP contribution in [0.2, 0.25) is 0 Å². The molecule has 43 valence electrons. The van der Waals surface area contributed by atoms with Crippen LogP contribution in [0.1, 0.15) is 19.3 Å². The molecule has 1 radical (unpaired) electrons. The Morgan fingerprint density at radius 2 is 2.00 bits per heavy atom. The summed E-state index contributed by atoms with van der Waals surface area (Å²) < 4.78 is 0. The molecule has 0 saturated heterocycles. The Bertz CT molecular complexity index is 35.1. The first kappa shape index (κ1) is 6.92. The summed E-state index contributed by atoms with van der Waals surface area (Å²) >= 11 is 0. The zero-order valence-corrected chi connectivity index (χ0v) is 4.30. The van der Waals surface area contributed by atoms with Crippen molar-refractivity contribution in [1.29, 1.82) is 0 Å². The van der Waals surface area contributed by atoms with E-state index in [-0.39, 0.29) is 0 Å². The molecule has 2 nitrogen and oxygen atoms in total. The molecule has 0 rings (SSSR count). The molecule has 0 unspecified atom stereocenters. The first-order valence-corrected chi connectivity index (χ1v) is 2.42. The molecule has 0 aliphatic carbocycles. The molecule has 0 spiro atoms. The van der Waals surface area contributed by atoms with Crippen LogP contribution in [0.15, 0.2) is 0 Å². The Kier molecular flexibility index (Phi) is 4.04. The van der Waals surface area contributed by atoms with Crippen molar-refractivity contribution in [2.24, 2.45) is 0 Å². The topological polar surface area (TPSA) is 40.5 Å². The minimum absolute atomic E-state index is 0.448. The summed E-state index contributed by atoms with van der Waals surface area (Å²) in [5.41, 5.74) is 0. The molecule has 0 aromatic rings. The van der Waals surface area contributed by atoms with Crippen LogP contribution < -0.4 is 0 Å². The van der Waals surface area contributed by atoms with Gasteiger partial charge >= 0.3 is 0 Å². The highest BCUT2D eigenvalue weighted by atomic mass is 16.5. The summed E-state index contributed by atoms with van der Waals surface area (Å²) in [6, 6.07) is 0. The van der Waals surface area contributed by atoms with Gasteiger partial charge < -0.3 is 10.2 Å². The summed E-state index contributed by atoms with van der Waals surface area (Å²) in [4.78, 5) is 0. The Hall–Kier alpha value is -0.0800. The molecule has 0 fully saturated rings. The lowest BCUT2D eigenvalue weighted by molar-refractivity contribution is -0.0460. The Morgan fingerprint density at radius 1 is 1.43 bits per heavy atom. The first-order chi connectivity index (χ1) is 3.27. The van der Waals surface area contributed by atoms with Gasteiger partial charge in [-0.25, -0.2) is 0 Å². The maximum absolute atomic E-state index is 8.21. The smallest absolute Gasteiger partial charge is 0.151 e. The van der Waals surface area contributed by atoms with E-state index < -0.39 is 6.29 Å². The average molecular weight is 103 g/mol. The fourth-order valence-electron chi connectivity index (χ4n) is 0.327. The maximum Gasteiger partial charge on any atom is 0.151 e. The van der Waals surface area contributed by atoms with Gasteiger partial charge in [-0.05, 0) is 12.8 Å². The van der Waals surface area contributed by atoms with Gasteiger partial charge in [-0.2, -0.15) is 0 Å². The fourth-order valence-corrected chi connectivity index (χ4v) is 0.327. The van der Waals surface area contributed by atoms with Gasteiger partial charge in [0.2, 0.25) is 0 Å². The van der Waals surface area contributed by atoms with E-state index in [1.807, 2.05) is 0 Å². The monoisotopic (exact) mass is 103 g/mol. The van der Waals surface area contributed by atoms with Gasteiger partial charge in [0.25, 0.3) is 0 Å². The zero-order valence-electron chi connectivity index (χ0n) is 4.30. The van der Waals surface area contributed by atoms with E-state index in [2.05, 4.69) is 6.92 Å². The number of hydrogen-bond acceptors (Lipinski definition) is 2. The maximum atomic E-state index is 8.21. The molecule has 0 heterocycles. The number of aliphatic hydroxyl groups excluding tert-OH is 1. The van der Waals surface area contributed by atoms with Gasteiger partial charge in [-0.3, -0.25) is 0 Å². The molecular weight excluding hydrogens is 92.1 g/mol. The van der Waals surface area contributed by atoms with Crippen LogP contribution in [0, 0.1) is 6.92 Å². The Morgan fingerprint density at radius 3 is 2.14 bits per heavy atom. The third-order valence-electron chi connectivity index (χ3n) is 0.712. The molecule has 0 saturated carbocycles. The highest BCUT2D eigenvalue weighted by Gasteiger charge is 1.92. The lowest BCUT2D eigenvalue weighted by Crippen LogP contribution is -2.02. The van der Waals surface area contributed by atoms with Gasteiger partial charge in [0.05, 0.1) is 0 Å². The molecule has 2 heteroatoms. The summed E-state index contributed by atoms with van der Waals surface area (Å²) in [5, 5.41) is 16.4. The summed E-state index contributed by atoms with van der Waals surface area (Å²) in [5.74, 6) is 0. The standard InChI is InChI=1S/C5H11O2/c1-2-3-4-5(6)7/h5-7H,1-4H2. The molecule has 0 bridgehead atoms. The highest BCUT2D eigenvalue weighted by Crippen LogP contribution is 1.94. The van der Waals surface area contributed by atoms with E-state index in [1.165, 1.54) is 0 Å². The van der Waals surface area contributed by atoms with E-state index in [0.717, 1.165) is 12.8 Å². The minimum atomic E-state index is -1.14. The van der Waals surface area contributed by atoms with Crippen LogP contribution in [-0.4, -0.2) is 16.5 Å². The van der Waals surface area contributed by atoms with Crippen molar-refractivity contribution in [3.05, 3.63) is 6.92 Å². The molecule has 0 aromatic carbocycles. The van der Waals surface area contributed by atoms with Gasteiger partial charge in [-0.15, -0.1) is 0 Å². The van der Waals surface area contributed by atoms with Crippen molar-refractivity contribution < 1.29 is 10.2 Å². The second-order valence-electron chi connectivity index (χ2n) is 1.48.